The summed E-state index contributed by atoms with van der Waals surface area (Å²) < 4.78 is 12.9. The van der Waals surface area contributed by atoms with Crippen LogP contribution in [-0.4, -0.2) is 34.6 Å². The highest BCUT2D eigenvalue weighted by Crippen LogP contribution is 2.24. The number of carboxylic acid groups (broad SMARTS) is 1. The molecule has 1 unspecified atom stereocenters. The van der Waals surface area contributed by atoms with Crippen molar-refractivity contribution < 1.29 is 14.3 Å². The van der Waals surface area contributed by atoms with Crippen molar-refractivity contribution in [3.63, 3.8) is 0 Å². The van der Waals surface area contributed by atoms with E-state index >= 15 is 0 Å². The van der Waals surface area contributed by atoms with E-state index in [1.54, 1.807) is 6.07 Å². The molecular formula is C12H14ClFN2O2. The molecule has 0 bridgehead atoms. The number of likely N-dealkylation sites (tertiary alicyclic amines) is 1. The van der Waals surface area contributed by atoms with Crippen molar-refractivity contribution in [2.75, 3.05) is 13.1 Å². The van der Waals surface area contributed by atoms with Crippen LogP contribution in [0.3, 0.4) is 0 Å². The molecule has 1 heterocycles. The molecule has 1 aliphatic rings. The second-order valence-electron chi connectivity index (χ2n) is 4.66. The quantitative estimate of drug-likeness (QED) is 0.874. The Labute approximate surface area is 109 Å². The molecule has 0 aliphatic carbocycles. The fourth-order valence-corrected chi connectivity index (χ4v) is 2.34. The van der Waals surface area contributed by atoms with Crippen LogP contribution in [-0.2, 0) is 11.3 Å². The zero-order valence-electron chi connectivity index (χ0n) is 9.70. The predicted octanol–water partition coefficient (Wildman–Crippen LogP) is 1.47. The van der Waals surface area contributed by atoms with Crippen LogP contribution in [0.15, 0.2) is 18.2 Å². The van der Waals surface area contributed by atoms with Gasteiger partial charge in [-0.1, -0.05) is 17.7 Å². The number of carbonyl (C=O) groups is 1. The summed E-state index contributed by atoms with van der Waals surface area (Å²) in [6.45, 7) is 1.35. The van der Waals surface area contributed by atoms with Gasteiger partial charge in [0.1, 0.15) is 11.4 Å². The maximum absolute atomic E-state index is 12.9. The van der Waals surface area contributed by atoms with Gasteiger partial charge < -0.3 is 10.8 Å². The van der Waals surface area contributed by atoms with Crippen LogP contribution >= 0.6 is 11.6 Å². The molecule has 2 rings (SSSR count). The molecule has 1 aromatic carbocycles. The molecule has 0 aromatic heterocycles. The van der Waals surface area contributed by atoms with E-state index in [0.29, 0.717) is 24.5 Å². The summed E-state index contributed by atoms with van der Waals surface area (Å²) in [6, 6.07) is 4.19. The van der Waals surface area contributed by atoms with Crippen molar-refractivity contribution >= 4 is 17.6 Å². The minimum Gasteiger partial charge on any atom is -0.480 e. The fraction of sp³-hybridized carbons (Fsp3) is 0.417. The van der Waals surface area contributed by atoms with Crippen LogP contribution in [0.5, 0.6) is 0 Å². The Kier molecular flexibility index (Phi) is 3.56. The van der Waals surface area contributed by atoms with Crippen molar-refractivity contribution in [1.29, 1.82) is 0 Å². The van der Waals surface area contributed by atoms with Crippen LogP contribution < -0.4 is 5.73 Å². The first-order chi connectivity index (χ1) is 8.40. The minimum absolute atomic E-state index is 0.274. The molecule has 0 amide bonds. The molecule has 0 spiro atoms. The lowest BCUT2D eigenvalue weighted by molar-refractivity contribution is -0.142. The number of nitrogens with two attached hydrogens (primary N) is 1. The van der Waals surface area contributed by atoms with E-state index in [1.165, 1.54) is 12.1 Å². The number of carboxylic acids is 1. The SMILES string of the molecule is NC1(C(=O)O)CCN(Cc2ccc(F)cc2Cl)C1. The van der Waals surface area contributed by atoms with Gasteiger partial charge in [0.05, 0.1) is 0 Å². The van der Waals surface area contributed by atoms with Crippen molar-refractivity contribution in [3.05, 3.63) is 34.6 Å². The highest BCUT2D eigenvalue weighted by Gasteiger charge is 2.41. The van der Waals surface area contributed by atoms with Gasteiger partial charge in [-0.15, -0.1) is 0 Å². The molecule has 18 heavy (non-hydrogen) atoms. The van der Waals surface area contributed by atoms with Gasteiger partial charge in [0, 0.05) is 24.7 Å². The van der Waals surface area contributed by atoms with Crippen LogP contribution in [0.1, 0.15) is 12.0 Å². The number of hydrogen-bond donors (Lipinski definition) is 2. The summed E-state index contributed by atoms with van der Waals surface area (Å²) in [5.74, 6) is -1.38. The van der Waals surface area contributed by atoms with E-state index < -0.39 is 11.5 Å². The van der Waals surface area contributed by atoms with Gasteiger partial charge in [-0.25, -0.2) is 4.39 Å². The van der Waals surface area contributed by atoms with Crippen molar-refractivity contribution in [2.24, 2.45) is 5.73 Å². The molecular weight excluding hydrogens is 259 g/mol. The van der Waals surface area contributed by atoms with Gasteiger partial charge in [-0.3, -0.25) is 9.69 Å². The van der Waals surface area contributed by atoms with E-state index in [0.717, 1.165) is 5.56 Å². The average molecular weight is 273 g/mol. The van der Waals surface area contributed by atoms with Gasteiger partial charge in [-0.05, 0) is 24.1 Å². The first-order valence-electron chi connectivity index (χ1n) is 5.59. The lowest BCUT2D eigenvalue weighted by atomic mass is 10.0. The van der Waals surface area contributed by atoms with Crippen LogP contribution in [0, 0.1) is 5.82 Å². The van der Waals surface area contributed by atoms with Crippen molar-refractivity contribution in [1.82, 2.24) is 4.90 Å². The maximum atomic E-state index is 12.9. The zero-order chi connectivity index (χ0) is 13.3. The molecule has 4 nitrogen and oxygen atoms in total. The zero-order valence-corrected chi connectivity index (χ0v) is 10.5. The van der Waals surface area contributed by atoms with Crippen LogP contribution in [0.2, 0.25) is 5.02 Å². The Bertz CT molecular complexity index is 483. The number of benzene rings is 1. The molecule has 1 aliphatic heterocycles. The second-order valence-corrected chi connectivity index (χ2v) is 5.06. The Morgan fingerprint density at radius 1 is 1.61 bits per heavy atom. The molecule has 1 saturated heterocycles. The van der Waals surface area contributed by atoms with E-state index in [9.17, 15) is 9.18 Å². The average Bonchev–Trinajstić information content (AvgIpc) is 2.66. The highest BCUT2D eigenvalue weighted by atomic mass is 35.5. The number of aliphatic carboxylic acids is 1. The molecule has 1 fully saturated rings. The number of nitrogens with zero attached hydrogens (tertiary/aromatic N) is 1. The molecule has 0 saturated carbocycles. The van der Waals surface area contributed by atoms with Crippen LogP contribution in [0.25, 0.3) is 0 Å². The first-order valence-corrected chi connectivity index (χ1v) is 5.97. The molecule has 1 atom stereocenters. The predicted molar refractivity (Wildman–Crippen MR) is 65.9 cm³/mol. The summed E-state index contributed by atoms with van der Waals surface area (Å²) in [4.78, 5) is 12.9. The molecule has 6 heteroatoms. The lowest BCUT2D eigenvalue weighted by Gasteiger charge is -2.20. The maximum Gasteiger partial charge on any atom is 0.325 e. The van der Waals surface area contributed by atoms with Gasteiger partial charge in [0.25, 0.3) is 0 Å². The van der Waals surface area contributed by atoms with Gasteiger partial charge >= 0.3 is 5.97 Å². The summed E-state index contributed by atoms with van der Waals surface area (Å²) >= 11 is 5.93. The third-order valence-electron chi connectivity index (χ3n) is 3.21. The summed E-state index contributed by atoms with van der Waals surface area (Å²) in [5.41, 5.74) is 5.36. The van der Waals surface area contributed by atoms with E-state index in [2.05, 4.69) is 0 Å². The number of halogens is 2. The molecule has 1 aromatic rings. The number of hydrogen-bond acceptors (Lipinski definition) is 3. The summed E-state index contributed by atoms with van der Waals surface area (Å²) in [7, 11) is 0. The monoisotopic (exact) mass is 272 g/mol. The van der Waals surface area contributed by atoms with Crippen LogP contribution in [0.4, 0.5) is 4.39 Å². The van der Waals surface area contributed by atoms with Gasteiger partial charge in [0.15, 0.2) is 0 Å². The van der Waals surface area contributed by atoms with Gasteiger partial charge in [-0.2, -0.15) is 0 Å². The Balaban J connectivity index is 2.06. The fourth-order valence-electron chi connectivity index (χ4n) is 2.12. The van der Waals surface area contributed by atoms with Crippen molar-refractivity contribution in [2.45, 2.75) is 18.5 Å². The smallest absolute Gasteiger partial charge is 0.325 e. The van der Waals surface area contributed by atoms with E-state index in [4.69, 9.17) is 22.4 Å². The topological polar surface area (TPSA) is 66.6 Å². The summed E-state index contributed by atoms with van der Waals surface area (Å²) in [6.07, 6.45) is 0.404. The minimum atomic E-state index is -1.19. The molecule has 98 valence electrons. The number of rotatable bonds is 3. The van der Waals surface area contributed by atoms with Gasteiger partial charge in [0.2, 0.25) is 0 Å². The molecule has 0 radical (unpaired) electrons. The standard InChI is InChI=1S/C12H14ClFN2O2/c13-10-5-9(14)2-1-8(10)6-16-4-3-12(15,7-16)11(17)18/h1-2,5H,3-4,6-7,15H2,(H,17,18). The van der Waals surface area contributed by atoms with E-state index in [-0.39, 0.29) is 12.4 Å². The third-order valence-corrected chi connectivity index (χ3v) is 3.57. The summed E-state index contributed by atoms with van der Waals surface area (Å²) in [5, 5.41) is 9.37. The Morgan fingerprint density at radius 3 is 2.89 bits per heavy atom. The second kappa shape index (κ2) is 4.84. The van der Waals surface area contributed by atoms with E-state index in [1.807, 2.05) is 4.90 Å². The Morgan fingerprint density at radius 2 is 2.33 bits per heavy atom. The molecule has 3 N–H and O–H groups in total. The highest BCUT2D eigenvalue weighted by molar-refractivity contribution is 6.31. The lowest BCUT2D eigenvalue weighted by Crippen LogP contribution is -2.50. The first kappa shape index (κ1) is 13.3. The normalized spacial score (nSPS) is 24.4. The largest absolute Gasteiger partial charge is 0.480 e. The Hall–Kier alpha value is -1.17. The van der Waals surface area contributed by atoms with Crippen molar-refractivity contribution in [3.8, 4) is 0 Å². The third kappa shape index (κ3) is 2.63.